The van der Waals surface area contributed by atoms with Crippen molar-refractivity contribution >= 4 is 16.7 Å². The van der Waals surface area contributed by atoms with E-state index >= 15 is 0 Å². The van der Waals surface area contributed by atoms with Gasteiger partial charge in [0.1, 0.15) is 5.52 Å². The predicted molar refractivity (Wildman–Crippen MR) is 80.0 cm³/mol. The van der Waals surface area contributed by atoms with Crippen molar-refractivity contribution in [2.24, 2.45) is 12.9 Å². The van der Waals surface area contributed by atoms with Crippen molar-refractivity contribution in [3.8, 4) is 6.07 Å². The van der Waals surface area contributed by atoms with Crippen LogP contribution in [0.15, 0.2) is 42.5 Å². The lowest BCUT2D eigenvalue weighted by molar-refractivity contribution is 0.736. The third kappa shape index (κ3) is 2.55. The van der Waals surface area contributed by atoms with Crippen molar-refractivity contribution in [1.82, 2.24) is 15.0 Å². The summed E-state index contributed by atoms with van der Waals surface area (Å²) in [7, 11) is 1.85. The molecule has 0 fully saturated rings. The van der Waals surface area contributed by atoms with Crippen LogP contribution in [0.5, 0.6) is 0 Å². The Morgan fingerprint density at radius 2 is 2.00 bits per heavy atom. The van der Waals surface area contributed by atoms with Gasteiger partial charge in [0.25, 0.3) is 0 Å². The van der Waals surface area contributed by atoms with E-state index in [2.05, 4.69) is 16.4 Å². The summed E-state index contributed by atoms with van der Waals surface area (Å²) in [5, 5.41) is 18.5. The molecule has 0 saturated carbocycles. The highest BCUT2D eigenvalue weighted by Gasteiger charge is 2.07. The average Bonchev–Trinajstić information content (AvgIpc) is 2.89. The Labute approximate surface area is 122 Å². The van der Waals surface area contributed by atoms with Crippen LogP contribution in [0.2, 0.25) is 0 Å². The fraction of sp³-hybridized carbons (Fsp3) is 0.133. The molecule has 104 valence electrons. The summed E-state index contributed by atoms with van der Waals surface area (Å²) < 4.78 is 1.72. The second-order valence-corrected chi connectivity index (χ2v) is 4.82. The fourth-order valence-electron chi connectivity index (χ4n) is 2.17. The van der Waals surface area contributed by atoms with Crippen LogP contribution in [0, 0.1) is 11.3 Å². The third-order valence-corrected chi connectivity index (χ3v) is 3.36. The first-order chi connectivity index (χ1) is 10.2. The Balaban J connectivity index is 1.84. The molecule has 1 heterocycles. The normalized spacial score (nSPS) is 10.5. The zero-order valence-electron chi connectivity index (χ0n) is 11.6. The summed E-state index contributed by atoms with van der Waals surface area (Å²) in [6, 6.07) is 15.3. The lowest BCUT2D eigenvalue weighted by Crippen LogP contribution is -2.30. The first kappa shape index (κ1) is 13.1. The predicted octanol–water partition coefficient (Wildman–Crippen LogP) is 1.72. The van der Waals surface area contributed by atoms with Crippen molar-refractivity contribution in [1.29, 1.82) is 5.26 Å². The number of aromatic nitrogens is 3. The largest absolute Gasteiger partial charge is 0.307 e. The lowest BCUT2D eigenvalue weighted by atomic mass is 10.1. The third-order valence-electron chi connectivity index (χ3n) is 3.36. The molecule has 21 heavy (non-hydrogen) atoms. The van der Waals surface area contributed by atoms with E-state index in [1.54, 1.807) is 21.8 Å². The summed E-state index contributed by atoms with van der Waals surface area (Å²) in [6.45, 7) is 0.558. The first-order valence-electron chi connectivity index (χ1n) is 6.48. The number of nitrogens with two attached hydrogens (primary N) is 1. The highest BCUT2D eigenvalue weighted by Crippen LogP contribution is 2.20. The molecule has 0 aliphatic carbocycles. The second kappa shape index (κ2) is 5.23. The van der Waals surface area contributed by atoms with Crippen molar-refractivity contribution in [3.63, 3.8) is 0 Å². The highest BCUT2D eigenvalue weighted by atomic mass is 15.4. The number of hydrogen-bond donors (Lipinski definition) is 1. The molecule has 0 spiro atoms. The number of rotatable bonds is 3. The van der Waals surface area contributed by atoms with Crippen molar-refractivity contribution in [3.05, 3.63) is 53.6 Å². The Morgan fingerprint density at radius 3 is 2.71 bits per heavy atom. The molecule has 3 rings (SSSR count). The molecular weight excluding hydrogens is 264 g/mol. The molecule has 0 atom stereocenters. The van der Waals surface area contributed by atoms with Crippen molar-refractivity contribution < 1.29 is 0 Å². The van der Waals surface area contributed by atoms with Gasteiger partial charge in [-0.1, -0.05) is 17.3 Å². The Hall–Kier alpha value is -2.91. The van der Waals surface area contributed by atoms with Crippen LogP contribution in [-0.2, 0) is 13.6 Å². The molecule has 0 unspecified atom stereocenters. The minimum Gasteiger partial charge on any atom is -0.307 e. The standard InChI is InChI=1S/C15H14N6/c1-20-15-8-13(6-7-14(15)18-19-20)21(17)10-12-4-2-11(9-16)3-5-12/h2-8H,10,17H2,1H3. The quantitative estimate of drug-likeness (QED) is 0.582. The Kier molecular flexibility index (Phi) is 3.26. The maximum absolute atomic E-state index is 8.80. The van der Waals surface area contributed by atoms with E-state index in [9.17, 15) is 0 Å². The molecule has 2 N–H and O–H groups in total. The van der Waals surface area contributed by atoms with Gasteiger partial charge in [-0.25, -0.2) is 10.5 Å². The molecule has 1 aromatic heterocycles. The monoisotopic (exact) mass is 278 g/mol. The topological polar surface area (TPSA) is 83.8 Å². The number of hydrogen-bond acceptors (Lipinski definition) is 5. The number of nitrogens with zero attached hydrogens (tertiary/aromatic N) is 5. The van der Waals surface area contributed by atoms with Gasteiger partial charge in [0.05, 0.1) is 29.4 Å². The highest BCUT2D eigenvalue weighted by molar-refractivity contribution is 5.78. The van der Waals surface area contributed by atoms with Crippen LogP contribution in [0.3, 0.4) is 0 Å². The van der Waals surface area contributed by atoms with Gasteiger partial charge in [-0.2, -0.15) is 5.26 Å². The average molecular weight is 278 g/mol. The SMILES string of the molecule is Cn1nnc2ccc(N(N)Cc3ccc(C#N)cc3)cc21. The van der Waals surface area contributed by atoms with Gasteiger partial charge in [-0.3, -0.25) is 0 Å². The summed E-state index contributed by atoms with van der Waals surface area (Å²) >= 11 is 0. The van der Waals surface area contributed by atoms with Crippen LogP contribution < -0.4 is 10.9 Å². The molecule has 0 radical (unpaired) electrons. The van der Waals surface area contributed by atoms with E-state index in [0.717, 1.165) is 22.3 Å². The van der Waals surface area contributed by atoms with Crippen LogP contribution >= 0.6 is 0 Å². The zero-order chi connectivity index (χ0) is 14.8. The molecule has 0 aliphatic rings. The summed E-state index contributed by atoms with van der Waals surface area (Å²) in [5.41, 5.74) is 4.34. The molecule has 0 bridgehead atoms. The van der Waals surface area contributed by atoms with E-state index in [1.807, 2.05) is 37.4 Å². The second-order valence-electron chi connectivity index (χ2n) is 4.82. The summed E-state index contributed by atoms with van der Waals surface area (Å²) in [6.07, 6.45) is 0. The van der Waals surface area contributed by atoms with Gasteiger partial charge in [0.15, 0.2) is 0 Å². The molecule has 0 aliphatic heterocycles. The molecule has 3 aromatic rings. The molecule has 2 aromatic carbocycles. The van der Waals surface area contributed by atoms with Gasteiger partial charge in [-0.15, -0.1) is 5.10 Å². The van der Waals surface area contributed by atoms with E-state index in [0.29, 0.717) is 12.1 Å². The fourth-order valence-corrected chi connectivity index (χ4v) is 2.17. The van der Waals surface area contributed by atoms with E-state index in [-0.39, 0.29) is 0 Å². The zero-order valence-corrected chi connectivity index (χ0v) is 11.6. The number of aryl methyl sites for hydroxylation is 1. The number of hydrazine groups is 1. The van der Waals surface area contributed by atoms with E-state index < -0.39 is 0 Å². The van der Waals surface area contributed by atoms with E-state index in [4.69, 9.17) is 11.1 Å². The van der Waals surface area contributed by atoms with Gasteiger partial charge in [-0.05, 0) is 35.9 Å². The van der Waals surface area contributed by atoms with Gasteiger partial charge < -0.3 is 5.01 Å². The molecule has 0 saturated heterocycles. The summed E-state index contributed by atoms with van der Waals surface area (Å²) in [5.74, 6) is 6.13. The first-order valence-corrected chi connectivity index (χ1v) is 6.48. The van der Waals surface area contributed by atoms with Crippen molar-refractivity contribution in [2.75, 3.05) is 5.01 Å². The van der Waals surface area contributed by atoms with Gasteiger partial charge in [0.2, 0.25) is 0 Å². The molecule has 6 heteroatoms. The van der Waals surface area contributed by atoms with Gasteiger partial charge in [0, 0.05) is 7.05 Å². The van der Waals surface area contributed by atoms with E-state index in [1.165, 1.54) is 0 Å². The Morgan fingerprint density at radius 1 is 1.24 bits per heavy atom. The number of anilines is 1. The van der Waals surface area contributed by atoms with Crippen LogP contribution in [-0.4, -0.2) is 15.0 Å². The number of nitriles is 1. The Bertz CT molecular complexity index is 812. The smallest absolute Gasteiger partial charge is 0.113 e. The maximum Gasteiger partial charge on any atom is 0.113 e. The van der Waals surface area contributed by atoms with Crippen LogP contribution in [0.1, 0.15) is 11.1 Å². The minimum absolute atomic E-state index is 0.558. The minimum atomic E-state index is 0.558. The van der Waals surface area contributed by atoms with Crippen molar-refractivity contribution in [2.45, 2.75) is 6.54 Å². The summed E-state index contributed by atoms with van der Waals surface area (Å²) in [4.78, 5) is 0. The number of fused-ring (bicyclic) bond motifs is 1. The molecule has 6 nitrogen and oxygen atoms in total. The molecule has 0 amide bonds. The van der Waals surface area contributed by atoms with Gasteiger partial charge >= 0.3 is 0 Å². The number of benzene rings is 2. The lowest BCUT2D eigenvalue weighted by Gasteiger charge is -2.18. The molecular formula is C15H14N6. The van der Waals surface area contributed by atoms with Crippen LogP contribution in [0.25, 0.3) is 11.0 Å². The van der Waals surface area contributed by atoms with Crippen LogP contribution in [0.4, 0.5) is 5.69 Å². The maximum atomic E-state index is 8.80.